The van der Waals surface area contributed by atoms with Gasteiger partial charge >= 0.3 is 0 Å². The van der Waals surface area contributed by atoms with E-state index in [1.165, 1.54) is 0 Å². The third kappa shape index (κ3) is 3.47. The highest BCUT2D eigenvalue weighted by Gasteiger charge is 2.23. The predicted octanol–water partition coefficient (Wildman–Crippen LogP) is 1.54. The molecule has 2 rings (SSSR count). The minimum absolute atomic E-state index is 0.119. The van der Waals surface area contributed by atoms with Gasteiger partial charge in [-0.3, -0.25) is 4.79 Å². The summed E-state index contributed by atoms with van der Waals surface area (Å²) in [7, 11) is 2.11. The molecule has 1 aliphatic rings. The Morgan fingerprint density at radius 3 is 2.79 bits per heavy atom. The molecule has 1 amide bonds. The van der Waals surface area contributed by atoms with Crippen LogP contribution in [0.3, 0.4) is 0 Å². The Kier molecular flexibility index (Phi) is 4.43. The normalized spacial score (nSPS) is 18.9. The molecule has 0 bridgehead atoms. The molecule has 4 heteroatoms. The van der Waals surface area contributed by atoms with Gasteiger partial charge in [0.1, 0.15) is 0 Å². The van der Waals surface area contributed by atoms with E-state index in [1.807, 2.05) is 36.1 Å². The highest BCUT2D eigenvalue weighted by Crippen LogP contribution is 2.20. The number of carbonyl (C=O) groups is 1. The van der Waals surface area contributed by atoms with Gasteiger partial charge < -0.3 is 15.5 Å². The van der Waals surface area contributed by atoms with E-state index in [0.29, 0.717) is 5.69 Å². The van der Waals surface area contributed by atoms with Crippen LogP contribution in [-0.2, 0) is 4.79 Å². The fraction of sp³-hybridized carbons (Fsp3) is 0.533. The van der Waals surface area contributed by atoms with Gasteiger partial charge in [-0.05, 0) is 44.6 Å². The molecular weight excluding hydrogens is 238 g/mol. The summed E-state index contributed by atoms with van der Waals surface area (Å²) < 4.78 is 0. The van der Waals surface area contributed by atoms with Crippen molar-refractivity contribution in [3.63, 3.8) is 0 Å². The molecule has 0 aromatic heterocycles. The molecule has 1 aliphatic heterocycles. The number of anilines is 1. The van der Waals surface area contributed by atoms with Crippen molar-refractivity contribution < 1.29 is 4.79 Å². The molecule has 1 aromatic carbocycles. The van der Waals surface area contributed by atoms with Gasteiger partial charge in [0, 0.05) is 25.3 Å². The molecule has 1 unspecified atom stereocenters. The molecule has 1 aromatic rings. The number of hydrogen-bond acceptors (Lipinski definition) is 3. The van der Waals surface area contributed by atoms with Crippen LogP contribution in [0.15, 0.2) is 24.3 Å². The van der Waals surface area contributed by atoms with E-state index < -0.39 is 0 Å². The van der Waals surface area contributed by atoms with Crippen LogP contribution >= 0.6 is 0 Å². The minimum atomic E-state index is -0.119. The molecule has 0 aliphatic carbocycles. The van der Waals surface area contributed by atoms with E-state index in [9.17, 15) is 4.79 Å². The van der Waals surface area contributed by atoms with E-state index in [-0.39, 0.29) is 11.8 Å². The first-order chi connectivity index (χ1) is 9.08. The number of hydrogen-bond donors (Lipinski definition) is 1. The first kappa shape index (κ1) is 13.9. The summed E-state index contributed by atoms with van der Waals surface area (Å²) >= 11 is 0. The van der Waals surface area contributed by atoms with Crippen molar-refractivity contribution in [2.75, 3.05) is 39.0 Å². The highest BCUT2D eigenvalue weighted by atomic mass is 16.2. The summed E-state index contributed by atoms with van der Waals surface area (Å²) in [6.45, 7) is 5.66. The van der Waals surface area contributed by atoms with Gasteiger partial charge in [0.25, 0.3) is 0 Å². The number of rotatable bonds is 2. The zero-order valence-electron chi connectivity index (χ0n) is 11.8. The maximum absolute atomic E-state index is 12.5. The number of nitrogens with two attached hydrogens (primary N) is 1. The average Bonchev–Trinajstić information content (AvgIpc) is 2.62. The molecule has 1 saturated heterocycles. The standard InChI is InChI=1S/C15H23N3O/c1-12(13-5-3-6-14(16)11-13)15(19)18-8-4-7-17(2)9-10-18/h3,5-6,11-12H,4,7-10,16H2,1-2H3. The van der Waals surface area contributed by atoms with E-state index in [0.717, 1.165) is 38.2 Å². The first-order valence-electron chi connectivity index (χ1n) is 6.90. The second-order valence-corrected chi connectivity index (χ2v) is 5.37. The largest absolute Gasteiger partial charge is 0.399 e. The van der Waals surface area contributed by atoms with E-state index in [2.05, 4.69) is 11.9 Å². The van der Waals surface area contributed by atoms with Gasteiger partial charge in [-0.15, -0.1) is 0 Å². The van der Waals surface area contributed by atoms with Crippen LogP contribution < -0.4 is 5.73 Å². The lowest BCUT2D eigenvalue weighted by atomic mass is 9.99. The van der Waals surface area contributed by atoms with Crippen LogP contribution in [0.2, 0.25) is 0 Å². The molecule has 4 nitrogen and oxygen atoms in total. The maximum Gasteiger partial charge on any atom is 0.229 e. The van der Waals surface area contributed by atoms with Crippen LogP contribution in [0.4, 0.5) is 5.69 Å². The Balaban J connectivity index is 2.06. The molecule has 0 saturated carbocycles. The van der Waals surface area contributed by atoms with Gasteiger partial charge in [0.2, 0.25) is 5.91 Å². The Bertz CT molecular complexity index is 447. The third-order valence-electron chi connectivity index (χ3n) is 3.81. The van der Waals surface area contributed by atoms with Gasteiger partial charge in [0.15, 0.2) is 0 Å². The van der Waals surface area contributed by atoms with Gasteiger partial charge in [0.05, 0.1) is 5.92 Å². The molecular formula is C15H23N3O. The second kappa shape index (κ2) is 6.06. The number of nitrogen functional groups attached to an aromatic ring is 1. The molecule has 2 N–H and O–H groups in total. The van der Waals surface area contributed by atoms with E-state index in [1.54, 1.807) is 0 Å². The smallest absolute Gasteiger partial charge is 0.229 e. The predicted molar refractivity (Wildman–Crippen MR) is 78.0 cm³/mol. The van der Waals surface area contributed by atoms with Crippen molar-refractivity contribution in [3.8, 4) is 0 Å². The fourth-order valence-electron chi connectivity index (χ4n) is 2.51. The van der Waals surface area contributed by atoms with Crippen molar-refractivity contribution in [1.29, 1.82) is 0 Å². The van der Waals surface area contributed by atoms with Crippen molar-refractivity contribution >= 4 is 11.6 Å². The maximum atomic E-state index is 12.5. The lowest BCUT2D eigenvalue weighted by molar-refractivity contribution is -0.132. The molecule has 104 valence electrons. The monoisotopic (exact) mass is 261 g/mol. The Hall–Kier alpha value is -1.55. The van der Waals surface area contributed by atoms with Gasteiger partial charge in [-0.1, -0.05) is 12.1 Å². The van der Waals surface area contributed by atoms with E-state index in [4.69, 9.17) is 5.73 Å². The summed E-state index contributed by atoms with van der Waals surface area (Å²) in [6.07, 6.45) is 1.05. The van der Waals surface area contributed by atoms with E-state index >= 15 is 0 Å². The molecule has 1 fully saturated rings. The molecule has 1 heterocycles. The Labute approximate surface area is 115 Å². The third-order valence-corrected chi connectivity index (χ3v) is 3.81. The van der Waals surface area contributed by atoms with Crippen LogP contribution in [0, 0.1) is 0 Å². The summed E-state index contributed by atoms with van der Waals surface area (Å²) in [6, 6.07) is 7.63. The van der Waals surface area contributed by atoms with Crippen LogP contribution in [0.25, 0.3) is 0 Å². The lowest BCUT2D eigenvalue weighted by Crippen LogP contribution is -2.37. The molecule has 19 heavy (non-hydrogen) atoms. The highest BCUT2D eigenvalue weighted by molar-refractivity contribution is 5.83. The van der Waals surface area contributed by atoms with Crippen LogP contribution in [-0.4, -0.2) is 48.9 Å². The number of carbonyl (C=O) groups excluding carboxylic acids is 1. The molecule has 0 radical (unpaired) electrons. The summed E-state index contributed by atoms with van der Waals surface area (Å²) in [5.74, 6) is 0.0906. The Morgan fingerprint density at radius 2 is 2.05 bits per heavy atom. The van der Waals surface area contributed by atoms with Crippen molar-refractivity contribution in [3.05, 3.63) is 29.8 Å². The first-order valence-corrected chi connectivity index (χ1v) is 6.90. The SMILES string of the molecule is CC(C(=O)N1CCCN(C)CC1)c1cccc(N)c1. The summed E-state index contributed by atoms with van der Waals surface area (Å²) in [5.41, 5.74) is 7.50. The Morgan fingerprint density at radius 1 is 1.26 bits per heavy atom. The van der Waals surface area contributed by atoms with Crippen LogP contribution in [0.1, 0.15) is 24.8 Å². The van der Waals surface area contributed by atoms with Crippen molar-refractivity contribution in [2.24, 2.45) is 0 Å². The van der Waals surface area contributed by atoms with Crippen molar-refractivity contribution in [1.82, 2.24) is 9.80 Å². The zero-order chi connectivity index (χ0) is 13.8. The topological polar surface area (TPSA) is 49.6 Å². The minimum Gasteiger partial charge on any atom is -0.399 e. The molecule has 0 spiro atoms. The number of likely N-dealkylation sites (N-methyl/N-ethyl adjacent to an activating group) is 1. The second-order valence-electron chi connectivity index (χ2n) is 5.37. The van der Waals surface area contributed by atoms with Gasteiger partial charge in [-0.2, -0.15) is 0 Å². The molecule has 1 atom stereocenters. The summed E-state index contributed by atoms with van der Waals surface area (Å²) in [5, 5.41) is 0. The lowest BCUT2D eigenvalue weighted by Gasteiger charge is -2.24. The van der Waals surface area contributed by atoms with Gasteiger partial charge in [-0.25, -0.2) is 0 Å². The van der Waals surface area contributed by atoms with Crippen molar-refractivity contribution in [2.45, 2.75) is 19.3 Å². The fourth-order valence-corrected chi connectivity index (χ4v) is 2.51. The zero-order valence-corrected chi connectivity index (χ0v) is 11.8. The number of nitrogens with zero attached hydrogens (tertiary/aromatic N) is 2. The number of amides is 1. The average molecular weight is 261 g/mol. The number of benzene rings is 1. The van der Waals surface area contributed by atoms with Crippen LogP contribution in [0.5, 0.6) is 0 Å². The summed E-state index contributed by atoms with van der Waals surface area (Å²) in [4.78, 5) is 16.8. The quantitative estimate of drug-likeness (QED) is 0.822.